The minimum atomic E-state index is 0. The summed E-state index contributed by atoms with van der Waals surface area (Å²) in [6, 6.07) is 6.02. The molecule has 1 saturated carbocycles. The predicted octanol–water partition coefficient (Wildman–Crippen LogP) is 3.92. The molecule has 4 nitrogen and oxygen atoms in total. The lowest BCUT2D eigenvalue weighted by molar-refractivity contribution is 0.293. The van der Waals surface area contributed by atoms with Crippen LogP contribution >= 0.6 is 35.7 Å². The number of thioether (sulfide) groups is 1. The van der Waals surface area contributed by atoms with Gasteiger partial charge in [-0.2, -0.15) is 11.8 Å². The second-order valence-electron chi connectivity index (χ2n) is 6.50. The van der Waals surface area contributed by atoms with Gasteiger partial charge >= 0.3 is 0 Å². The molecular weight excluding hydrogens is 431 g/mol. The summed E-state index contributed by atoms with van der Waals surface area (Å²) >= 11 is 2.20. The topological polar surface area (TPSA) is 40.5 Å². The Balaban J connectivity index is 0.00000208. The fourth-order valence-electron chi connectivity index (χ4n) is 3.60. The molecule has 24 heavy (non-hydrogen) atoms. The van der Waals surface area contributed by atoms with E-state index < -0.39 is 0 Å². The smallest absolute Gasteiger partial charge is 0.194 e. The van der Waals surface area contributed by atoms with Gasteiger partial charge in [-0.15, -0.1) is 24.0 Å². The van der Waals surface area contributed by atoms with Gasteiger partial charge in [-0.05, 0) is 31.9 Å². The highest BCUT2D eigenvalue weighted by atomic mass is 127. The maximum atomic E-state index is 4.85. The van der Waals surface area contributed by atoms with E-state index in [2.05, 4.69) is 33.9 Å². The van der Waals surface area contributed by atoms with Crippen molar-refractivity contribution in [3.05, 3.63) is 30.1 Å². The number of rotatable bonds is 3. The third kappa shape index (κ3) is 5.25. The Morgan fingerprint density at radius 3 is 2.88 bits per heavy atom. The number of nitrogens with one attached hydrogen (secondary N) is 1. The molecule has 0 atom stereocenters. The molecule has 2 heterocycles. The van der Waals surface area contributed by atoms with E-state index in [-0.39, 0.29) is 24.0 Å². The van der Waals surface area contributed by atoms with Crippen molar-refractivity contribution in [2.75, 3.05) is 25.4 Å². The van der Waals surface area contributed by atoms with Crippen molar-refractivity contribution in [1.29, 1.82) is 0 Å². The van der Waals surface area contributed by atoms with Gasteiger partial charge in [-0.1, -0.05) is 25.3 Å². The van der Waals surface area contributed by atoms with Gasteiger partial charge in [0.2, 0.25) is 0 Å². The van der Waals surface area contributed by atoms with Crippen molar-refractivity contribution in [2.45, 2.75) is 50.3 Å². The summed E-state index contributed by atoms with van der Waals surface area (Å²) in [6.07, 6.45) is 8.77. The number of aliphatic imine (C=N–C) groups is 1. The Morgan fingerprint density at radius 2 is 2.17 bits per heavy atom. The molecule has 0 amide bonds. The number of pyridine rings is 1. The van der Waals surface area contributed by atoms with Gasteiger partial charge in [-0.25, -0.2) is 4.99 Å². The third-order valence-corrected chi connectivity index (χ3v) is 6.30. The van der Waals surface area contributed by atoms with Gasteiger partial charge in [0.15, 0.2) is 5.96 Å². The van der Waals surface area contributed by atoms with Crippen LogP contribution in [0.3, 0.4) is 0 Å². The second-order valence-corrected chi connectivity index (χ2v) is 8.07. The molecule has 134 valence electrons. The summed E-state index contributed by atoms with van der Waals surface area (Å²) in [5, 5.41) is 3.48. The van der Waals surface area contributed by atoms with Gasteiger partial charge < -0.3 is 10.2 Å². The maximum absolute atomic E-state index is 4.85. The van der Waals surface area contributed by atoms with E-state index in [4.69, 9.17) is 4.99 Å². The van der Waals surface area contributed by atoms with Crippen molar-refractivity contribution in [1.82, 2.24) is 15.2 Å². The highest BCUT2D eigenvalue weighted by Gasteiger charge is 2.38. The Hall–Kier alpha value is -0.500. The molecule has 1 N–H and O–H groups in total. The summed E-state index contributed by atoms with van der Waals surface area (Å²) in [4.78, 5) is 11.7. The average Bonchev–Trinajstić information content (AvgIpc) is 2.60. The largest absolute Gasteiger partial charge is 0.357 e. The van der Waals surface area contributed by atoms with Crippen LogP contribution in [0.25, 0.3) is 0 Å². The first kappa shape index (κ1) is 19.8. The first-order valence-electron chi connectivity index (χ1n) is 8.88. The first-order chi connectivity index (χ1) is 11.3. The molecule has 2 fully saturated rings. The zero-order valence-corrected chi connectivity index (χ0v) is 17.7. The number of halogens is 1. The lowest BCUT2D eigenvalue weighted by Gasteiger charge is -2.45. The molecule has 1 aromatic heterocycles. The van der Waals surface area contributed by atoms with E-state index in [1.165, 1.54) is 37.9 Å². The highest BCUT2D eigenvalue weighted by molar-refractivity contribution is 14.0. The quantitative estimate of drug-likeness (QED) is 0.422. The SMILES string of the molecule is CCNC(=NCc1ccccn1)N1CCSC2(CCCCC2)C1.I. The van der Waals surface area contributed by atoms with E-state index in [1.54, 1.807) is 0 Å². The van der Waals surface area contributed by atoms with E-state index >= 15 is 0 Å². The summed E-state index contributed by atoms with van der Waals surface area (Å²) in [6.45, 7) is 5.95. The predicted molar refractivity (Wildman–Crippen MR) is 114 cm³/mol. The fourth-order valence-corrected chi connectivity index (χ4v) is 5.17. The van der Waals surface area contributed by atoms with Crippen LogP contribution < -0.4 is 5.32 Å². The van der Waals surface area contributed by atoms with Crippen LogP contribution in [0.2, 0.25) is 0 Å². The molecule has 6 heteroatoms. The van der Waals surface area contributed by atoms with Crippen LogP contribution in [0.1, 0.15) is 44.7 Å². The minimum absolute atomic E-state index is 0. The zero-order valence-electron chi connectivity index (χ0n) is 14.5. The average molecular weight is 460 g/mol. The van der Waals surface area contributed by atoms with Crippen LogP contribution in [0.5, 0.6) is 0 Å². The van der Waals surface area contributed by atoms with Gasteiger partial charge in [0.05, 0.1) is 12.2 Å². The molecule has 3 rings (SSSR count). The van der Waals surface area contributed by atoms with Gasteiger partial charge in [0.25, 0.3) is 0 Å². The number of nitrogens with zero attached hydrogens (tertiary/aromatic N) is 3. The summed E-state index contributed by atoms with van der Waals surface area (Å²) in [5.41, 5.74) is 1.03. The van der Waals surface area contributed by atoms with Crippen molar-refractivity contribution in [3.8, 4) is 0 Å². The maximum Gasteiger partial charge on any atom is 0.194 e. The number of guanidine groups is 1. The molecule has 1 saturated heterocycles. The van der Waals surface area contributed by atoms with Crippen LogP contribution in [-0.2, 0) is 6.54 Å². The molecule has 0 aromatic carbocycles. The molecule has 0 bridgehead atoms. The first-order valence-corrected chi connectivity index (χ1v) is 9.87. The molecule has 1 spiro atoms. The van der Waals surface area contributed by atoms with Crippen molar-refractivity contribution in [2.24, 2.45) is 4.99 Å². The lowest BCUT2D eigenvalue weighted by Crippen LogP contribution is -2.53. The number of aromatic nitrogens is 1. The summed E-state index contributed by atoms with van der Waals surface area (Å²) in [7, 11) is 0. The molecule has 0 unspecified atom stereocenters. The van der Waals surface area contributed by atoms with E-state index in [9.17, 15) is 0 Å². The van der Waals surface area contributed by atoms with Gasteiger partial charge in [0.1, 0.15) is 0 Å². The number of hydrogen-bond acceptors (Lipinski definition) is 3. The van der Waals surface area contributed by atoms with Crippen LogP contribution in [0.15, 0.2) is 29.4 Å². The van der Waals surface area contributed by atoms with Crippen molar-refractivity contribution >= 4 is 41.7 Å². The van der Waals surface area contributed by atoms with Crippen LogP contribution in [0, 0.1) is 0 Å². The third-order valence-electron chi connectivity index (χ3n) is 4.76. The Morgan fingerprint density at radius 1 is 1.33 bits per heavy atom. The van der Waals surface area contributed by atoms with Crippen molar-refractivity contribution in [3.63, 3.8) is 0 Å². The number of hydrogen-bond donors (Lipinski definition) is 1. The molecule has 0 radical (unpaired) electrons. The summed E-state index contributed by atoms with van der Waals surface area (Å²) < 4.78 is 0.470. The Bertz CT molecular complexity index is 512. The summed E-state index contributed by atoms with van der Waals surface area (Å²) in [5.74, 6) is 2.27. The lowest BCUT2D eigenvalue weighted by atomic mass is 9.87. The van der Waals surface area contributed by atoms with E-state index in [1.807, 2.05) is 24.4 Å². The normalized spacial score (nSPS) is 20.5. The van der Waals surface area contributed by atoms with E-state index in [0.717, 1.165) is 31.3 Å². The van der Waals surface area contributed by atoms with Crippen LogP contribution in [0.4, 0.5) is 0 Å². The molecular formula is C18H29IN4S. The molecule has 1 aliphatic heterocycles. The fraction of sp³-hybridized carbons (Fsp3) is 0.667. The van der Waals surface area contributed by atoms with Crippen LogP contribution in [-0.4, -0.2) is 46.0 Å². The monoisotopic (exact) mass is 460 g/mol. The molecule has 2 aliphatic rings. The Kier molecular flexibility index (Phi) is 8.13. The Labute approximate surface area is 167 Å². The minimum Gasteiger partial charge on any atom is -0.357 e. The second kappa shape index (κ2) is 9.85. The van der Waals surface area contributed by atoms with Gasteiger partial charge in [0, 0.05) is 36.3 Å². The van der Waals surface area contributed by atoms with E-state index in [0.29, 0.717) is 11.3 Å². The van der Waals surface area contributed by atoms with Crippen molar-refractivity contribution < 1.29 is 0 Å². The zero-order chi connectivity index (χ0) is 16.0. The highest BCUT2D eigenvalue weighted by Crippen LogP contribution is 2.42. The molecule has 1 aromatic rings. The standard InChI is InChI=1S/C18H28N4S.HI/c1-2-19-17(21-14-16-8-4-7-11-20-16)22-12-13-23-18(15-22)9-5-3-6-10-18;/h4,7-8,11H,2-3,5-6,9-10,12-15H2,1H3,(H,19,21);1H. The van der Waals surface area contributed by atoms with Gasteiger partial charge in [-0.3, -0.25) is 4.98 Å². The molecule has 1 aliphatic carbocycles.